The van der Waals surface area contributed by atoms with E-state index in [1.807, 2.05) is 30.3 Å². The normalized spacial score (nSPS) is 11.3. The largest absolute Gasteiger partial charge is 0.464 e. The Labute approximate surface area is 127 Å². The first kappa shape index (κ1) is 15.4. The SMILES string of the molecule is CC(=O)OCCn1c(=O)n(C/C=C\CCl)c2ccccc21. The second-order valence-corrected chi connectivity index (χ2v) is 4.81. The molecule has 0 saturated heterocycles. The van der Waals surface area contributed by atoms with E-state index < -0.39 is 0 Å². The Kier molecular flexibility index (Phi) is 5.22. The summed E-state index contributed by atoms with van der Waals surface area (Å²) in [6.07, 6.45) is 3.66. The Morgan fingerprint density at radius 3 is 2.52 bits per heavy atom. The van der Waals surface area contributed by atoms with Crippen molar-refractivity contribution in [2.75, 3.05) is 12.5 Å². The Hall–Kier alpha value is -2.01. The van der Waals surface area contributed by atoms with Gasteiger partial charge in [-0.15, -0.1) is 11.6 Å². The molecule has 2 rings (SSSR count). The summed E-state index contributed by atoms with van der Waals surface area (Å²) in [5.74, 6) is 0.0664. The number of allylic oxidation sites excluding steroid dienone is 2. The summed E-state index contributed by atoms with van der Waals surface area (Å²) in [7, 11) is 0. The van der Waals surface area contributed by atoms with E-state index in [-0.39, 0.29) is 18.3 Å². The van der Waals surface area contributed by atoms with Crippen molar-refractivity contribution in [1.82, 2.24) is 9.13 Å². The molecule has 0 bridgehead atoms. The highest BCUT2D eigenvalue weighted by Gasteiger charge is 2.11. The van der Waals surface area contributed by atoms with Gasteiger partial charge >= 0.3 is 11.7 Å². The van der Waals surface area contributed by atoms with Crippen molar-refractivity contribution in [1.29, 1.82) is 0 Å². The number of ether oxygens (including phenoxy) is 1. The monoisotopic (exact) mass is 308 g/mol. The molecule has 21 heavy (non-hydrogen) atoms. The van der Waals surface area contributed by atoms with Crippen molar-refractivity contribution in [3.63, 3.8) is 0 Å². The number of imidazole rings is 1. The van der Waals surface area contributed by atoms with Gasteiger partial charge in [0.2, 0.25) is 0 Å². The van der Waals surface area contributed by atoms with Crippen LogP contribution < -0.4 is 5.69 Å². The van der Waals surface area contributed by atoms with E-state index in [2.05, 4.69) is 0 Å². The number of rotatable bonds is 6. The van der Waals surface area contributed by atoms with E-state index in [0.29, 0.717) is 19.0 Å². The summed E-state index contributed by atoms with van der Waals surface area (Å²) in [5, 5.41) is 0. The van der Waals surface area contributed by atoms with Crippen molar-refractivity contribution in [2.45, 2.75) is 20.0 Å². The number of hydrogen-bond acceptors (Lipinski definition) is 3. The summed E-state index contributed by atoms with van der Waals surface area (Å²) in [4.78, 5) is 23.3. The Bertz CT molecular complexity index is 715. The minimum Gasteiger partial charge on any atom is -0.464 e. The average molecular weight is 309 g/mol. The Morgan fingerprint density at radius 2 is 1.90 bits per heavy atom. The lowest BCUT2D eigenvalue weighted by atomic mass is 10.3. The van der Waals surface area contributed by atoms with Crippen LogP contribution in [0.1, 0.15) is 6.92 Å². The molecule has 6 heteroatoms. The minimum atomic E-state index is -0.350. The first-order valence-corrected chi connectivity index (χ1v) is 7.21. The Balaban J connectivity index is 2.36. The van der Waals surface area contributed by atoms with Gasteiger partial charge in [0, 0.05) is 19.3 Å². The predicted molar refractivity (Wildman–Crippen MR) is 82.7 cm³/mol. The van der Waals surface area contributed by atoms with E-state index in [9.17, 15) is 9.59 Å². The topological polar surface area (TPSA) is 53.2 Å². The lowest BCUT2D eigenvalue weighted by Gasteiger charge is -2.03. The second kappa shape index (κ2) is 7.13. The summed E-state index contributed by atoms with van der Waals surface area (Å²) in [5.41, 5.74) is 1.56. The van der Waals surface area contributed by atoms with E-state index in [4.69, 9.17) is 16.3 Å². The molecule has 1 aromatic carbocycles. The third-order valence-corrected chi connectivity index (χ3v) is 3.27. The molecule has 0 N–H and O–H groups in total. The summed E-state index contributed by atoms with van der Waals surface area (Å²) in [6, 6.07) is 7.54. The first-order valence-electron chi connectivity index (χ1n) is 6.67. The molecule has 0 spiro atoms. The van der Waals surface area contributed by atoms with Crippen LogP contribution >= 0.6 is 11.6 Å². The van der Waals surface area contributed by atoms with Crippen LogP contribution in [0.2, 0.25) is 0 Å². The van der Waals surface area contributed by atoms with Gasteiger partial charge in [-0.05, 0) is 12.1 Å². The summed E-state index contributed by atoms with van der Waals surface area (Å²) >= 11 is 5.60. The van der Waals surface area contributed by atoms with Crippen LogP contribution in [0.15, 0.2) is 41.2 Å². The fourth-order valence-corrected chi connectivity index (χ4v) is 2.31. The molecule has 0 aliphatic rings. The van der Waals surface area contributed by atoms with Gasteiger partial charge in [0.1, 0.15) is 6.61 Å². The third-order valence-electron chi connectivity index (χ3n) is 3.09. The standard InChI is InChI=1S/C15H17ClN2O3/c1-12(19)21-11-10-18-14-7-3-2-6-13(14)17(15(18)20)9-5-4-8-16/h2-7H,8-11H2,1H3/b5-4-. The lowest BCUT2D eigenvalue weighted by Crippen LogP contribution is -2.25. The molecule has 0 saturated carbocycles. The maximum Gasteiger partial charge on any atom is 0.329 e. The molecule has 0 radical (unpaired) electrons. The molecule has 0 fully saturated rings. The van der Waals surface area contributed by atoms with Crippen molar-refractivity contribution in [3.8, 4) is 0 Å². The minimum absolute atomic E-state index is 0.123. The van der Waals surface area contributed by atoms with Gasteiger partial charge in [-0.3, -0.25) is 13.9 Å². The maximum absolute atomic E-state index is 12.5. The number of para-hydroxylation sites is 2. The molecule has 2 aromatic rings. The molecule has 0 unspecified atom stereocenters. The third kappa shape index (κ3) is 3.55. The molecule has 0 aliphatic heterocycles. The highest BCUT2D eigenvalue weighted by Crippen LogP contribution is 2.12. The zero-order valence-corrected chi connectivity index (χ0v) is 12.5. The number of esters is 1. The van der Waals surface area contributed by atoms with Crippen LogP contribution in [0.4, 0.5) is 0 Å². The van der Waals surface area contributed by atoms with Gasteiger partial charge in [-0.1, -0.05) is 24.3 Å². The number of carbonyl (C=O) groups is 1. The number of alkyl halides is 1. The molecule has 5 nitrogen and oxygen atoms in total. The zero-order valence-electron chi connectivity index (χ0n) is 11.8. The van der Waals surface area contributed by atoms with Crippen molar-refractivity contribution >= 4 is 28.6 Å². The number of fused-ring (bicyclic) bond motifs is 1. The van der Waals surface area contributed by atoms with Gasteiger partial charge in [-0.25, -0.2) is 4.79 Å². The predicted octanol–water partition coefficient (Wildman–Crippen LogP) is 2.16. The lowest BCUT2D eigenvalue weighted by molar-refractivity contribution is -0.141. The van der Waals surface area contributed by atoms with Crippen LogP contribution in [-0.2, 0) is 22.6 Å². The van der Waals surface area contributed by atoms with E-state index in [0.717, 1.165) is 11.0 Å². The number of nitrogens with zero attached hydrogens (tertiary/aromatic N) is 2. The van der Waals surface area contributed by atoms with Crippen LogP contribution in [0.5, 0.6) is 0 Å². The van der Waals surface area contributed by atoms with Crippen LogP contribution in [-0.4, -0.2) is 27.6 Å². The van der Waals surface area contributed by atoms with E-state index >= 15 is 0 Å². The summed E-state index contributed by atoms with van der Waals surface area (Å²) < 4.78 is 8.21. The van der Waals surface area contributed by atoms with Gasteiger partial charge in [0.05, 0.1) is 17.6 Å². The molecular formula is C15H17ClN2O3. The van der Waals surface area contributed by atoms with Crippen molar-refractivity contribution < 1.29 is 9.53 Å². The molecule has 112 valence electrons. The van der Waals surface area contributed by atoms with E-state index in [1.54, 1.807) is 15.2 Å². The number of hydrogen-bond donors (Lipinski definition) is 0. The zero-order chi connectivity index (χ0) is 15.2. The van der Waals surface area contributed by atoms with Crippen molar-refractivity contribution in [3.05, 3.63) is 46.9 Å². The number of benzene rings is 1. The average Bonchev–Trinajstić information content (AvgIpc) is 2.73. The fraction of sp³-hybridized carbons (Fsp3) is 0.333. The molecule has 0 aliphatic carbocycles. The Morgan fingerprint density at radius 1 is 1.24 bits per heavy atom. The van der Waals surface area contributed by atoms with Gasteiger partial charge < -0.3 is 4.74 Å². The highest BCUT2D eigenvalue weighted by molar-refractivity contribution is 6.18. The summed E-state index contributed by atoms with van der Waals surface area (Å²) in [6.45, 7) is 2.33. The number of aromatic nitrogens is 2. The van der Waals surface area contributed by atoms with Crippen molar-refractivity contribution in [2.24, 2.45) is 0 Å². The quantitative estimate of drug-likeness (QED) is 0.467. The van der Waals surface area contributed by atoms with Crippen LogP contribution in [0, 0.1) is 0 Å². The number of halogens is 1. The van der Waals surface area contributed by atoms with Gasteiger partial charge in [-0.2, -0.15) is 0 Å². The first-order chi connectivity index (χ1) is 10.1. The number of carbonyl (C=O) groups excluding carboxylic acids is 1. The molecular weight excluding hydrogens is 292 g/mol. The van der Waals surface area contributed by atoms with Gasteiger partial charge in [0.25, 0.3) is 0 Å². The fourth-order valence-electron chi connectivity index (χ4n) is 2.19. The van der Waals surface area contributed by atoms with Gasteiger partial charge in [0.15, 0.2) is 0 Å². The van der Waals surface area contributed by atoms with Crippen LogP contribution in [0.25, 0.3) is 11.0 Å². The molecule has 0 amide bonds. The van der Waals surface area contributed by atoms with Crippen LogP contribution in [0.3, 0.4) is 0 Å². The maximum atomic E-state index is 12.5. The molecule has 0 atom stereocenters. The smallest absolute Gasteiger partial charge is 0.329 e. The highest BCUT2D eigenvalue weighted by atomic mass is 35.5. The molecule has 1 heterocycles. The second-order valence-electron chi connectivity index (χ2n) is 4.50. The van der Waals surface area contributed by atoms with E-state index in [1.165, 1.54) is 6.92 Å². The molecule has 1 aromatic heterocycles.